The molecular weight excluding hydrogens is 256 g/mol. The molecule has 18 heavy (non-hydrogen) atoms. The zero-order chi connectivity index (χ0) is 13.6. The van der Waals surface area contributed by atoms with Gasteiger partial charge in [0.1, 0.15) is 0 Å². The van der Waals surface area contributed by atoms with Crippen LogP contribution in [0.2, 0.25) is 0 Å². The lowest BCUT2D eigenvalue weighted by Crippen LogP contribution is -2.43. The Labute approximate surface area is 107 Å². The van der Waals surface area contributed by atoms with Gasteiger partial charge in [-0.25, -0.2) is 12.7 Å². The molecule has 1 saturated heterocycles. The number of unbranched alkanes of at least 4 members (excludes halogenated alkanes) is 2. The summed E-state index contributed by atoms with van der Waals surface area (Å²) >= 11 is 0. The van der Waals surface area contributed by atoms with E-state index in [0.29, 0.717) is 38.6 Å². The lowest BCUT2D eigenvalue weighted by Gasteiger charge is -2.29. The summed E-state index contributed by atoms with van der Waals surface area (Å²) in [6.07, 6.45) is 2.49. The van der Waals surface area contributed by atoms with Gasteiger partial charge in [0, 0.05) is 19.5 Å². The molecule has 1 N–H and O–H groups in total. The van der Waals surface area contributed by atoms with Crippen molar-refractivity contribution in [2.24, 2.45) is 5.92 Å². The zero-order valence-electron chi connectivity index (χ0n) is 10.2. The summed E-state index contributed by atoms with van der Waals surface area (Å²) in [6, 6.07) is 1.97. The van der Waals surface area contributed by atoms with E-state index in [4.69, 9.17) is 10.4 Å². The number of carboxylic acids is 1. The fourth-order valence-corrected chi connectivity index (χ4v) is 3.66. The number of sulfonamides is 1. The zero-order valence-corrected chi connectivity index (χ0v) is 11.0. The SMILES string of the molecule is N#CCCCCS(=O)(=O)N1CCCC(C(=O)O)C1. The van der Waals surface area contributed by atoms with Gasteiger partial charge in [0.15, 0.2) is 0 Å². The molecule has 1 rings (SSSR count). The van der Waals surface area contributed by atoms with E-state index >= 15 is 0 Å². The topological polar surface area (TPSA) is 98.5 Å². The van der Waals surface area contributed by atoms with Crippen LogP contribution in [0.3, 0.4) is 0 Å². The van der Waals surface area contributed by atoms with Crippen molar-refractivity contribution < 1.29 is 18.3 Å². The number of piperidine rings is 1. The Morgan fingerprint density at radius 1 is 1.44 bits per heavy atom. The molecule has 0 spiro atoms. The summed E-state index contributed by atoms with van der Waals surface area (Å²) in [5.74, 6) is -1.52. The second kappa shape index (κ2) is 6.71. The van der Waals surface area contributed by atoms with Crippen LogP contribution in [0, 0.1) is 17.2 Å². The molecule has 1 fully saturated rings. The van der Waals surface area contributed by atoms with Gasteiger partial charge in [-0.15, -0.1) is 0 Å². The second-order valence-electron chi connectivity index (χ2n) is 4.47. The highest BCUT2D eigenvalue weighted by atomic mass is 32.2. The number of carboxylic acid groups (broad SMARTS) is 1. The third kappa shape index (κ3) is 4.27. The van der Waals surface area contributed by atoms with Gasteiger partial charge in [-0.1, -0.05) is 0 Å². The fraction of sp³-hybridized carbons (Fsp3) is 0.818. The van der Waals surface area contributed by atoms with Crippen LogP contribution >= 0.6 is 0 Å². The Morgan fingerprint density at radius 2 is 2.17 bits per heavy atom. The van der Waals surface area contributed by atoms with E-state index in [9.17, 15) is 13.2 Å². The number of hydrogen-bond donors (Lipinski definition) is 1. The molecule has 0 radical (unpaired) electrons. The minimum atomic E-state index is -3.37. The molecule has 0 aromatic carbocycles. The predicted molar refractivity (Wildman–Crippen MR) is 65.2 cm³/mol. The maximum absolute atomic E-state index is 12.0. The van der Waals surface area contributed by atoms with E-state index in [2.05, 4.69) is 0 Å². The largest absolute Gasteiger partial charge is 0.481 e. The molecule has 0 bridgehead atoms. The standard InChI is InChI=1S/C11H18N2O4S/c12-6-2-1-3-8-18(16,17)13-7-4-5-10(9-13)11(14)15/h10H,1-5,7-9H2,(H,14,15). The van der Waals surface area contributed by atoms with Crippen LogP contribution in [-0.4, -0.2) is 42.6 Å². The van der Waals surface area contributed by atoms with Crippen LogP contribution in [0.1, 0.15) is 32.1 Å². The van der Waals surface area contributed by atoms with Crippen LogP contribution in [0.25, 0.3) is 0 Å². The summed E-state index contributed by atoms with van der Waals surface area (Å²) in [5.41, 5.74) is 0. The molecule has 6 nitrogen and oxygen atoms in total. The van der Waals surface area contributed by atoms with Crippen LogP contribution in [0.5, 0.6) is 0 Å². The lowest BCUT2D eigenvalue weighted by molar-refractivity contribution is -0.142. The molecule has 1 heterocycles. The minimum absolute atomic E-state index is 0.00101. The number of aliphatic carboxylic acids is 1. The number of nitriles is 1. The summed E-state index contributed by atoms with van der Waals surface area (Å²) in [6.45, 7) is 0.486. The van der Waals surface area contributed by atoms with Crippen LogP contribution < -0.4 is 0 Å². The summed E-state index contributed by atoms with van der Waals surface area (Å²) in [7, 11) is -3.37. The summed E-state index contributed by atoms with van der Waals surface area (Å²) < 4.78 is 25.2. The second-order valence-corrected chi connectivity index (χ2v) is 6.56. The van der Waals surface area contributed by atoms with E-state index in [1.807, 2.05) is 6.07 Å². The van der Waals surface area contributed by atoms with E-state index < -0.39 is 21.9 Å². The van der Waals surface area contributed by atoms with E-state index in [1.165, 1.54) is 4.31 Å². The van der Waals surface area contributed by atoms with Crippen molar-refractivity contribution in [3.8, 4) is 6.07 Å². The van der Waals surface area contributed by atoms with Crippen LogP contribution in [-0.2, 0) is 14.8 Å². The highest BCUT2D eigenvalue weighted by molar-refractivity contribution is 7.89. The van der Waals surface area contributed by atoms with Gasteiger partial charge < -0.3 is 5.11 Å². The van der Waals surface area contributed by atoms with Crippen molar-refractivity contribution in [3.63, 3.8) is 0 Å². The first-order valence-electron chi connectivity index (χ1n) is 6.05. The molecule has 0 amide bonds. The van der Waals surface area contributed by atoms with Crippen molar-refractivity contribution in [2.45, 2.75) is 32.1 Å². The number of carbonyl (C=O) groups is 1. The summed E-state index contributed by atoms with van der Waals surface area (Å²) in [4.78, 5) is 10.9. The highest BCUT2D eigenvalue weighted by Crippen LogP contribution is 2.20. The Morgan fingerprint density at radius 3 is 2.78 bits per heavy atom. The average Bonchev–Trinajstić information content (AvgIpc) is 2.35. The van der Waals surface area contributed by atoms with Gasteiger partial charge in [-0.3, -0.25) is 4.79 Å². The van der Waals surface area contributed by atoms with Crippen molar-refractivity contribution in [3.05, 3.63) is 0 Å². The molecule has 0 aliphatic carbocycles. The Bertz CT molecular complexity index is 427. The quantitative estimate of drug-likeness (QED) is 0.722. The Hall–Kier alpha value is -1.13. The third-order valence-electron chi connectivity index (χ3n) is 3.07. The van der Waals surface area contributed by atoms with Gasteiger partial charge in [0.25, 0.3) is 0 Å². The monoisotopic (exact) mass is 274 g/mol. The van der Waals surface area contributed by atoms with Gasteiger partial charge in [-0.05, 0) is 25.7 Å². The van der Waals surface area contributed by atoms with Crippen LogP contribution in [0.4, 0.5) is 0 Å². The molecule has 0 saturated carbocycles. The first-order chi connectivity index (χ1) is 8.47. The van der Waals surface area contributed by atoms with E-state index in [0.717, 1.165) is 0 Å². The van der Waals surface area contributed by atoms with Crippen molar-refractivity contribution in [1.29, 1.82) is 5.26 Å². The number of nitrogens with zero attached hydrogens (tertiary/aromatic N) is 2. The normalized spacial score (nSPS) is 21.4. The minimum Gasteiger partial charge on any atom is -0.481 e. The van der Waals surface area contributed by atoms with Crippen molar-refractivity contribution in [2.75, 3.05) is 18.8 Å². The van der Waals surface area contributed by atoms with Crippen LogP contribution in [0.15, 0.2) is 0 Å². The third-order valence-corrected chi connectivity index (χ3v) is 4.99. The molecule has 1 atom stereocenters. The van der Waals surface area contributed by atoms with Crippen molar-refractivity contribution in [1.82, 2.24) is 4.31 Å². The molecule has 1 aliphatic heterocycles. The fourth-order valence-electron chi connectivity index (χ4n) is 2.01. The molecule has 0 aromatic heterocycles. The maximum Gasteiger partial charge on any atom is 0.307 e. The van der Waals surface area contributed by atoms with E-state index in [-0.39, 0.29) is 12.3 Å². The number of rotatable bonds is 6. The van der Waals surface area contributed by atoms with Gasteiger partial charge >= 0.3 is 5.97 Å². The van der Waals surface area contributed by atoms with E-state index in [1.54, 1.807) is 0 Å². The maximum atomic E-state index is 12.0. The molecule has 7 heteroatoms. The van der Waals surface area contributed by atoms with Crippen molar-refractivity contribution >= 4 is 16.0 Å². The Kier molecular flexibility index (Phi) is 5.56. The number of hydrogen-bond acceptors (Lipinski definition) is 4. The highest BCUT2D eigenvalue weighted by Gasteiger charge is 2.31. The first-order valence-corrected chi connectivity index (χ1v) is 7.66. The predicted octanol–water partition coefficient (Wildman–Crippen LogP) is 0.807. The molecule has 0 aromatic rings. The average molecular weight is 274 g/mol. The smallest absolute Gasteiger partial charge is 0.307 e. The van der Waals surface area contributed by atoms with Gasteiger partial charge in [0.05, 0.1) is 17.7 Å². The molecular formula is C11H18N2O4S. The molecule has 1 aliphatic rings. The van der Waals surface area contributed by atoms with Gasteiger partial charge in [-0.2, -0.15) is 5.26 Å². The van der Waals surface area contributed by atoms with Gasteiger partial charge in [0.2, 0.25) is 10.0 Å². The molecule has 102 valence electrons. The molecule has 1 unspecified atom stereocenters. The lowest BCUT2D eigenvalue weighted by atomic mass is 10.0. The summed E-state index contributed by atoms with van der Waals surface area (Å²) in [5, 5.41) is 17.3. The Balaban J connectivity index is 2.51. The first kappa shape index (κ1) is 14.9.